The number of nitrogens with zero attached hydrogens (tertiary/aromatic N) is 2. The summed E-state index contributed by atoms with van der Waals surface area (Å²) in [6.45, 7) is 3.84. The van der Waals surface area contributed by atoms with Crippen molar-refractivity contribution in [3.8, 4) is 17.2 Å². The van der Waals surface area contributed by atoms with Gasteiger partial charge < -0.3 is 29.7 Å². The maximum absolute atomic E-state index is 12.2. The van der Waals surface area contributed by atoms with E-state index < -0.39 is 0 Å². The molecule has 0 saturated carbocycles. The van der Waals surface area contributed by atoms with Gasteiger partial charge in [0.25, 0.3) is 5.91 Å². The van der Waals surface area contributed by atoms with E-state index in [4.69, 9.17) is 14.2 Å². The number of halogens is 1. The van der Waals surface area contributed by atoms with Crippen molar-refractivity contribution in [2.75, 3.05) is 48.5 Å². The topological polar surface area (TPSA) is 84.4 Å². The van der Waals surface area contributed by atoms with Crippen molar-refractivity contribution in [1.82, 2.24) is 15.5 Å². The third-order valence-corrected chi connectivity index (χ3v) is 4.82. The summed E-state index contributed by atoms with van der Waals surface area (Å²) in [5.74, 6) is 2.62. The fraction of sp³-hybridized carbons (Fsp3) is 0.417. The molecule has 0 unspecified atom stereocenters. The SMILES string of the molecule is CCNC(=NCc1cc(OC)c(OC)cc1OC)NCCc1cccc(C(=O)N(C)C)c1.I. The molecule has 0 aliphatic heterocycles. The summed E-state index contributed by atoms with van der Waals surface area (Å²) in [6, 6.07) is 11.4. The third kappa shape index (κ3) is 8.30. The molecule has 2 aromatic carbocycles. The van der Waals surface area contributed by atoms with Crippen LogP contribution in [-0.2, 0) is 13.0 Å². The van der Waals surface area contributed by atoms with Gasteiger partial charge in [0.15, 0.2) is 17.5 Å². The maximum atomic E-state index is 12.2. The van der Waals surface area contributed by atoms with Crippen LogP contribution >= 0.6 is 24.0 Å². The number of hydrogen-bond acceptors (Lipinski definition) is 5. The number of carbonyl (C=O) groups excluding carboxylic acids is 1. The molecule has 1 amide bonds. The van der Waals surface area contributed by atoms with E-state index in [1.807, 2.05) is 37.3 Å². The van der Waals surface area contributed by atoms with E-state index in [1.165, 1.54) is 0 Å². The van der Waals surface area contributed by atoms with Crippen LogP contribution in [0.3, 0.4) is 0 Å². The van der Waals surface area contributed by atoms with Crippen LogP contribution in [0.2, 0.25) is 0 Å². The highest BCUT2D eigenvalue weighted by Crippen LogP contribution is 2.34. The first-order valence-electron chi connectivity index (χ1n) is 10.5. The molecule has 2 aromatic rings. The molecule has 0 atom stereocenters. The van der Waals surface area contributed by atoms with Gasteiger partial charge in [-0.25, -0.2) is 4.99 Å². The molecule has 0 aliphatic carbocycles. The number of benzene rings is 2. The second-order valence-electron chi connectivity index (χ2n) is 7.29. The predicted molar refractivity (Wildman–Crippen MR) is 142 cm³/mol. The standard InChI is InChI=1S/C24H34N4O4.HI/c1-7-25-24(26-12-11-17-9-8-10-18(13-17)23(29)28(2)3)27-16-19-14-21(31-5)22(32-6)15-20(19)30-4;/h8-10,13-15H,7,11-12,16H2,1-6H3,(H2,25,26,27);1H. The summed E-state index contributed by atoms with van der Waals surface area (Å²) < 4.78 is 16.2. The molecule has 0 heterocycles. The Morgan fingerprint density at radius 2 is 1.64 bits per heavy atom. The third-order valence-electron chi connectivity index (χ3n) is 4.82. The van der Waals surface area contributed by atoms with Crippen molar-refractivity contribution in [1.29, 1.82) is 0 Å². The van der Waals surface area contributed by atoms with Gasteiger partial charge in [-0.2, -0.15) is 0 Å². The predicted octanol–water partition coefficient (Wildman–Crippen LogP) is 3.33. The van der Waals surface area contributed by atoms with Crippen LogP contribution in [0, 0.1) is 0 Å². The number of nitrogens with one attached hydrogen (secondary N) is 2. The van der Waals surface area contributed by atoms with E-state index in [1.54, 1.807) is 46.4 Å². The summed E-state index contributed by atoms with van der Waals surface area (Å²) >= 11 is 0. The zero-order valence-corrected chi connectivity index (χ0v) is 22.6. The number of methoxy groups -OCH3 is 3. The van der Waals surface area contributed by atoms with E-state index >= 15 is 0 Å². The Balaban J connectivity index is 0.00000544. The van der Waals surface area contributed by atoms with Crippen molar-refractivity contribution < 1.29 is 19.0 Å². The van der Waals surface area contributed by atoms with E-state index in [0.717, 1.165) is 24.1 Å². The molecule has 0 bridgehead atoms. The molecule has 8 nitrogen and oxygen atoms in total. The minimum Gasteiger partial charge on any atom is -0.496 e. The molecule has 2 rings (SSSR count). The lowest BCUT2D eigenvalue weighted by molar-refractivity contribution is 0.0827. The highest BCUT2D eigenvalue weighted by atomic mass is 127. The smallest absolute Gasteiger partial charge is 0.253 e. The molecule has 0 fully saturated rings. The number of ether oxygens (including phenoxy) is 3. The molecule has 182 valence electrons. The average Bonchev–Trinajstić information content (AvgIpc) is 2.81. The molecular weight excluding hydrogens is 535 g/mol. The Morgan fingerprint density at radius 3 is 2.24 bits per heavy atom. The summed E-state index contributed by atoms with van der Waals surface area (Å²) in [5.41, 5.74) is 2.66. The lowest BCUT2D eigenvalue weighted by Gasteiger charge is -2.15. The Bertz CT molecular complexity index is 935. The molecule has 0 aromatic heterocycles. The van der Waals surface area contributed by atoms with Crippen molar-refractivity contribution in [2.45, 2.75) is 19.9 Å². The Labute approximate surface area is 213 Å². The van der Waals surface area contributed by atoms with Crippen molar-refractivity contribution in [3.05, 3.63) is 53.1 Å². The number of amides is 1. The van der Waals surface area contributed by atoms with Crippen LogP contribution in [0.15, 0.2) is 41.4 Å². The Kier molecular flexibility index (Phi) is 12.4. The first-order valence-corrected chi connectivity index (χ1v) is 10.5. The van der Waals surface area contributed by atoms with Crippen LogP contribution < -0.4 is 24.8 Å². The first kappa shape index (κ1) is 28.3. The second-order valence-corrected chi connectivity index (χ2v) is 7.29. The largest absolute Gasteiger partial charge is 0.496 e. The fourth-order valence-electron chi connectivity index (χ4n) is 3.17. The van der Waals surface area contributed by atoms with Crippen LogP contribution in [-0.4, -0.2) is 65.3 Å². The van der Waals surface area contributed by atoms with Crippen LogP contribution in [0.25, 0.3) is 0 Å². The van der Waals surface area contributed by atoms with Gasteiger partial charge in [-0.3, -0.25) is 4.79 Å². The summed E-state index contributed by atoms with van der Waals surface area (Å²) in [5, 5.41) is 6.60. The van der Waals surface area contributed by atoms with Gasteiger partial charge in [0.1, 0.15) is 5.75 Å². The summed E-state index contributed by atoms with van der Waals surface area (Å²) in [4.78, 5) is 18.4. The Morgan fingerprint density at radius 1 is 0.970 bits per heavy atom. The van der Waals surface area contributed by atoms with E-state index in [9.17, 15) is 4.79 Å². The maximum Gasteiger partial charge on any atom is 0.253 e. The number of rotatable bonds is 10. The fourth-order valence-corrected chi connectivity index (χ4v) is 3.17. The van der Waals surface area contributed by atoms with Crippen LogP contribution in [0.5, 0.6) is 17.2 Å². The molecule has 0 radical (unpaired) electrons. The normalized spacial score (nSPS) is 10.7. The van der Waals surface area contributed by atoms with Gasteiger partial charge in [-0.15, -0.1) is 24.0 Å². The van der Waals surface area contributed by atoms with Gasteiger partial charge >= 0.3 is 0 Å². The first-order chi connectivity index (χ1) is 15.4. The van der Waals surface area contributed by atoms with Gasteiger partial charge in [-0.05, 0) is 37.1 Å². The molecule has 0 spiro atoms. The Hall–Kier alpha value is -2.69. The van der Waals surface area contributed by atoms with Crippen molar-refractivity contribution >= 4 is 35.8 Å². The van der Waals surface area contributed by atoms with E-state index in [0.29, 0.717) is 41.9 Å². The molecule has 0 aliphatic rings. The summed E-state index contributed by atoms with van der Waals surface area (Å²) in [6.07, 6.45) is 0.763. The highest BCUT2D eigenvalue weighted by molar-refractivity contribution is 14.0. The molecular formula is C24H35IN4O4. The second kappa shape index (κ2) is 14.5. The molecule has 33 heavy (non-hydrogen) atoms. The van der Waals surface area contributed by atoms with Crippen molar-refractivity contribution in [3.63, 3.8) is 0 Å². The average molecular weight is 570 g/mol. The monoisotopic (exact) mass is 570 g/mol. The van der Waals surface area contributed by atoms with Gasteiger partial charge in [0, 0.05) is 44.4 Å². The molecule has 0 saturated heterocycles. The lowest BCUT2D eigenvalue weighted by Crippen LogP contribution is -2.38. The molecule has 9 heteroatoms. The van der Waals surface area contributed by atoms with E-state index in [-0.39, 0.29) is 29.9 Å². The van der Waals surface area contributed by atoms with Gasteiger partial charge in [-0.1, -0.05) is 12.1 Å². The molecule has 2 N–H and O–H groups in total. The lowest BCUT2D eigenvalue weighted by atomic mass is 10.1. The number of aliphatic imine (C=N–C) groups is 1. The highest BCUT2D eigenvalue weighted by Gasteiger charge is 2.12. The van der Waals surface area contributed by atoms with Gasteiger partial charge in [0.05, 0.1) is 27.9 Å². The van der Waals surface area contributed by atoms with Gasteiger partial charge in [0.2, 0.25) is 0 Å². The zero-order chi connectivity index (χ0) is 23.5. The summed E-state index contributed by atoms with van der Waals surface area (Å²) in [7, 11) is 8.32. The number of carbonyl (C=O) groups is 1. The quantitative estimate of drug-likeness (QED) is 0.259. The zero-order valence-electron chi connectivity index (χ0n) is 20.2. The minimum atomic E-state index is -0.00132. The minimum absolute atomic E-state index is 0. The number of guanidine groups is 1. The van der Waals surface area contributed by atoms with Crippen molar-refractivity contribution in [2.24, 2.45) is 4.99 Å². The van der Waals surface area contributed by atoms with Crippen LogP contribution in [0.1, 0.15) is 28.4 Å². The van der Waals surface area contributed by atoms with E-state index in [2.05, 4.69) is 15.6 Å². The number of hydrogen-bond donors (Lipinski definition) is 2. The van der Waals surface area contributed by atoms with Crippen LogP contribution in [0.4, 0.5) is 0 Å².